The monoisotopic (exact) mass is 415 g/mol. The smallest absolute Gasteiger partial charge is 0.178 e. The number of pyridine rings is 1. The van der Waals surface area contributed by atoms with Gasteiger partial charge in [-0.3, -0.25) is 9.98 Å². The lowest BCUT2D eigenvalue weighted by Crippen LogP contribution is -2.09. The van der Waals surface area contributed by atoms with Gasteiger partial charge in [-0.1, -0.05) is 23.4 Å². The van der Waals surface area contributed by atoms with Gasteiger partial charge in [0.2, 0.25) is 0 Å². The van der Waals surface area contributed by atoms with Crippen LogP contribution in [0.1, 0.15) is 17.1 Å². The Bertz CT molecular complexity index is 1240. The minimum Gasteiger partial charge on any atom is -0.396 e. The number of hydrogen-bond acceptors (Lipinski definition) is 8. The van der Waals surface area contributed by atoms with Gasteiger partial charge in [0.25, 0.3) is 0 Å². The van der Waals surface area contributed by atoms with Crippen molar-refractivity contribution in [3.63, 3.8) is 0 Å². The molecule has 0 atom stereocenters. The first-order valence-corrected chi connectivity index (χ1v) is 9.31. The molecule has 31 heavy (non-hydrogen) atoms. The predicted octanol–water partition coefficient (Wildman–Crippen LogP) is 3.24. The second-order valence-corrected chi connectivity index (χ2v) is 6.52. The minimum atomic E-state index is -0.344. The summed E-state index contributed by atoms with van der Waals surface area (Å²) in [6.45, 7) is 0.0946. The van der Waals surface area contributed by atoms with Crippen molar-refractivity contribution >= 4 is 17.2 Å². The first-order valence-electron chi connectivity index (χ1n) is 9.31. The summed E-state index contributed by atoms with van der Waals surface area (Å²) >= 11 is 0. The molecule has 8 nitrogen and oxygen atoms in total. The van der Waals surface area contributed by atoms with Crippen molar-refractivity contribution in [2.75, 3.05) is 5.73 Å². The van der Waals surface area contributed by atoms with Crippen molar-refractivity contribution in [3.05, 3.63) is 96.2 Å². The molecule has 154 valence electrons. The molecule has 0 unspecified atom stereocenters. The van der Waals surface area contributed by atoms with Crippen molar-refractivity contribution < 1.29 is 8.91 Å². The fraction of sp³-hybridized carbons (Fsp3) is 0.0455. The molecule has 0 aliphatic carbocycles. The van der Waals surface area contributed by atoms with Gasteiger partial charge < -0.3 is 16.0 Å². The molecule has 3 aromatic heterocycles. The van der Waals surface area contributed by atoms with Gasteiger partial charge in [0.1, 0.15) is 23.6 Å². The van der Waals surface area contributed by atoms with Gasteiger partial charge in [0, 0.05) is 35.7 Å². The van der Waals surface area contributed by atoms with E-state index in [1.165, 1.54) is 12.3 Å². The number of hydrogen-bond donors (Lipinski definition) is 2. The van der Waals surface area contributed by atoms with Crippen molar-refractivity contribution in [3.8, 4) is 11.3 Å². The number of halogens is 1. The number of allylic oxidation sites excluding steroid dienone is 1. The highest BCUT2D eigenvalue weighted by atomic mass is 19.1. The van der Waals surface area contributed by atoms with Crippen LogP contribution in [-0.2, 0) is 6.54 Å². The average molecular weight is 415 g/mol. The zero-order chi connectivity index (χ0) is 21.6. The average Bonchev–Trinajstić information content (AvgIpc) is 3.32. The maximum absolute atomic E-state index is 14.0. The number of nitrogens with two attached hydrogens (primary N) is 2. The van der Waals surface area contributed by atoms with Crippen LogP contribution in [0.5, 0.6) is 0 Å². The Hall–Kier alpha value is -4.40. The number of aromatic nitrogens is 4. The predicted molar refractivity (Wildman–Crippen MR) is 115 cm³/mol. The number of anilines is 1. The Kier molecular flexibility index (Phi) is 5.75. The third-order valence-corrected chi connectivity index (χ3v) is 4.33. The molecular formula is C22H18FN7O. The van der Waals surface area contributed by atoms with Crippen LogP contribution < -0.4 is 11.5 Å². The molecule has 4 rings (SSSR count). The van der Waals surface area contributed by atoms with Crippen molar-refractivity contribution in [2.24, 2.45) is 10.7 Å². The Morgan fingerprint density at radius 3 is 2.74 bits per heavy atom. The highest BCUT2D eigenvalue weighted by molar-refractivity contribution is 6.10. The summed E-state index contributed by atoms with van der Waals surface area (Å²) in [5.74, 6) is 0.135. The third-order valence-electron chi connectivity index (χ3n) is 4.33. The summed E-state index contributed by atoms with van der Waals surface area (Å²) in [5, 5.41) is 3.91. The Labute approximate surface area is 177 Å². The molecule has 0 aliphatic rings. The van der Waals surface area contributed by atoms with E-state index in [0.717, 1.165) is 5.56 Å². The van der Waals surface area contributed by atoms with Crippen LogP contribution in [0.4, 0.5) is 10.2 Å². The fourth-order valence-corrected chi connectivity index (χ4v) is 2.81. The summed E-state index contributed by atoms with van der Waals surface area (Å²) < 4.78 is 18.9. The van der Waals surface area contributed by atoms with E-state index in [1.54, 1.807) is 54.9 Å². The van der Waals surface area contributed by atoms with E-state index in [2.05, 4.69) is 25.1 Å². The second-order valence-electron chi connectivity index (χ2n) is 6.52. The van der Waals surface area contributed by atoms with E-state index in [1.807, 2.05) is 6.07 Å². The van der Waals surface area contributed by atoms with E-state index in [4.69, 9.17) is 16.0 Å². The Balaban J connectivity index is 1.70. The zero-order valence-electron chi connectivity index (χ0n) is 16.3. The molecular weight excluding hydrogens is 397 g/mol. The van der Waals surface area contributed by atoms with E-state index in [9.17, 15) is 4.39 Å². The molecule has 1 aromatic carbocycles. The SMILES string of the molecule is NC(=CC(=NCc1ccccc1F)c1ccon1)c1nc(N)cc(-c2cccnc2)n1. The maximum atomic E-state index is 14.0. The van der Waals surface area contributed by atoms with Crippen LogP contribution in [-0.4, -0.2) is 25.8 Å². The van der Waals surface area contributed by atoms with Gasteiger partial charge >= 0.3 is 0 Å². The van der Waals surface area contributed by atoms with Gasteiger partial charge in [-0.05, 0) is 24.3 Å². The van der Waals surface area contributed by atoms with E-state index in [0.29, 0.717) is 22.7 Å². The lowest BCUT2D eigenvalue weighted by molar-refractivity contribution is 0.418. The van der Waals surface area contributed by atoms with Crippen molar-refractivity contribution in [1.82, 2.24) is 20.1 Å². The summed E-state index contributed by atoms with van der Waals surface area (Å²) in [6, 6.07) is 13.3. The quantitative estimate of drug-likeness (QED) is 0.462. The zero-order valence-corrected chi connectivity index (χ0v) is 16.3. The normalized spacial score (nSPS) is 12.2. The molecule has 0 saturated carbocycles. The minimum absolute atomic E-state index is 0.0946. The number of rotatable bonds is 6. The third kappa shape index (κ3) is 4.78. The number of nitrogen functional groups attached to an aromatic ring is 1. The van der Waals surface area contributed by atoms with Gasteiger partial charge in [0.05, 0.1) is 23.6 Å². The second kappa shape index (κ2) is 8.95. The molecule has 0 bridgehead atoms. The highest BCUT2D eigenvalue weighted by Gasteiger charge is 2.11. The molecule has 0 spiro atoms. The lowest BCUT2D eigenvalue weighted by Gasteiger charge is -2.07. The molecule has 4 aromatic rings. The summed E-state index contributed by atoms with van der Waals surface area (Å²) in [4.78, 5) is 17.3. The first kappa shape index (κ1) is 19.9. The highest BCUT2D eigenvalue weighted by Crippen LogP contribution is 2.19. The topological polar surface area (TPSA) is 129 Å². The van der Waals surface area contributed by atoms with E-state index < -0.39 is 0 Å². The molecule has 0 amide bonds. The summed E-state index contributed by atoms with van der Waals surface area (Å²) in [7, 11) is 0. The number of aliphatic imine (C=N–C) groups is 1. The largest absolute Gasteiger partial charge is 0.396 e. The van der Waals surface area contributed by atoms with Crippen molar-refractivity contribution in [1.29, 1.82) is 0 Å². The lowest BCUT2D eigenvalue weighted by atomic mass is 10.1. The fourth-order valence-electron chi connectivity index (χ4n) is 2.81. The van der Waals surface area contributed by atoms with Crippen LogP contribution in [0.2, 0.25) is 0 Å². The van der Waals surface area contributed by atoms with Crippen LogP contribution in [0, 0.1) is 5.82 Å². The van der Waals surface area contributed by atoms with Gasteiger partial charge in [-0.2, -0.15) is 0 Å². The molecule has 0 radical (unpaired) electrons. The Morgan fingerprint density at radius 2 is 2.00 bits per heavy atom. The maximum Gasteiger partial charge on any atom is 0.178 e. The van der Waals surface area contributed by atoms with Gasteiger partial charge in [0.15, 0.2) is 5.82 Å². The molecule has 0 fully saturated rings. The number of nitrogens with zero attached hydrogens (tertiary/aromatic N) is 5. The molecule has 3 heterocycles. The standard InChI is InChI=1S/C22H18FN7O/c23-16-6-2-1-4-14(16)13-27-20(18-7-9-31-30-18)10-17(24)22-28-19(11-21(25)29-22)15-5-3-8-26-12-15/h1-12H,13,24H2,(H2,25,28,29). The summed E-state index contributed by atoms with van der Waals surface area (Å²) in [5.41, 5.74) is 15.1. The van der Waals surface area contributed by atoms with E-state index >= 15 is 0 Å². The molecule has 9 heteroatoms. The molecule has 0 aliphatic heterocycles. The molecule has 0 saturated heterocycles. The van der Waals surface area contributed by atoms with Gasteiger partial charge in [-0.25, -0.2) is 14.4 Å². The van der Waals surface area contributed by atoms with Crippen LogP contribution in [0.3, 0.4) is 0 Å². The Morgan fingerprint density at radius 1 is 1.13 bits per heavy atom. The van der Waals surface area contributed by atoms with Crippen LogP contribution in [0.15, 0.2) is 82.8 Å². The van der Waals surface area contributed by atoms with Crippen molar-refractivity contribution in [2.45, 2.75) is 6.54 Å². The van der Waals surface area contributed by atoms with E-state index in [-0.39, 0.29) is 29.7 Å². The summed E-state index contributed by atoms with van der Waals surface area (Å²) in [6.07, 6.45) is 6.30. The van der Waals surface area contributed by atoms with Crippen LogP contribution in [0.25, 0.3) is 17.0 Å². The van der Waals surface area contributed by atoms with Crippen LogP contribution >= 0.6 is 0 Å². The van der Waals surface area contributed by atoms with Gasteiger partial charge in [-0.15, -0.1) is 0 Å². The number of benzene rings is 1. The molecule has 4 N–H and O–H groups in total. The first-order chi connectivity index (χ1) is 15.1.